The summed E-state index contributed by atoms with van der Waals surface area (Å²) < 4.78 is 10.6. The molecule has 2 rings (SSSR count). The number of ether oxygens (including phenoxy) is 2. The van der Waals surface area contributed by atoms with Crippen LogP contribution in [0, 0.1) is 10.1 Å². The first-order valence-electron chi connectivity index (χ1n) is 6.25. The smallest absolute Gasteiger partial charge is 0.331 e. The van der Waals surface area contributed by atoms with Gasteiger partial charge in [0.15, 0.2) is 0 Å². The summed E-state index contributed by atoms with van der Waals surface area (Å²) in [6.07, 6.45) is 0. The SMILES string of the molecule is CNCc1ccccc1Oc1nc(OC)ccc1[N+](=O)[O-]. The molecule has 0 radical (unpaired) electrons. The van der Waals surface area contributed by atoms with Crippen molar-refractivity contribution in [3.05, 3.63) is 52.1 Å². The Morgan fingerprint density at radius 3 is 2.71 bits per heavy atom. The third-order valence-electron chi connectivity index (χ3n) is 2.77. The lowest BCUT2D eigenvalue weighted by molar-refractivity contribution is -0.386. The van der Waals surface area contributed by atoms with Crippen molar-refractivity contribution in [1.29, 1.82) is 0 Å². The minimum Gasteiger partial charge on any atom is -0.481 e. The third-order valence-corrected chi connectivity index (χ3v) is 2.77. The molecule has 0 fully saturated rings. The number of nitrogens with zero attached hydrogens (tertiary/aromatic N) is 2. The first-order chi connectivity index (χ1) is 10.2. The summed E-state index contributed by atoms with van der Waals surface area (Å²) in [6, 6.07) is 10.00. The molecule has 0 saturated carbocycles. The van der Waals surface area contributed by atoms with Gasteiger partial charge in [0.25, 0.3) is 0 Å². The number of rotatable bonds is 6. The van der Waals surface area contributed by atoms with Crippen LogP contribution in [0.5, 0.6) is 17.5 Å². The van der Waals surface area contributed by atoms with E-state index < -0.39 is 4.92 Å². The Morgan fingerprint density at radius 1 is 1.29 bits per heavy atom. The van der Waals surface area contributed by atoms with Crippen LogP contribution in [0.3, 0.4) is 0 Å². The average molecular weight is 289 g/mol. The molecule has 110 valence electrons. The fourth-order valence-corrected chi connectivity index (χ4v) is 1.79. The lowest BCUT2D eigenvalue weighted by Gasteiger charge is -2.10. The van der Waals surface area contributed by atoms with Crippen LogP contribution in [-0.4, -0.2) is 24.1 Å². The number of hydrogen-bond donors (Lipinski definition) is 1. The molecule has 1 heterocycles. The first kappa shape index (κ1) is 14.7. The van der Waals surface area contributed by atoms with Crippen molar-refractivity contribution in [3.63, 3.8) is 0 Å². The highest BCUT2D eigenvalue weighted by molar-refractivity contribution is 5.46. The molecule has 1 aromatic carbocycles. The minimum atomic E-state index is -0.539. The van der Waals surface area contributed by atoms with Crippen molar-refractivity contribution in [3.8, 4) is 17.5 Å². The molecule has 2 aromatic rings. The van der Waals surface area contributed by atoms with E-state index in [-0.39, 0.29) is 17.4 Å². The van der Waals surface area contributed by atoms with Gasteiger partial charge in [-0.05, 0) is 13.1 Å². The highest BCUT2D eigenvalue weighted by Gasteiger charge is 2.19. The van der Waals surface area contributed by atoms with E-state index in [4.69, 9.17) is 9.47 Å². The van der Waals surface area contributed by atoms with E-state index in [1.807, 2.05) is 19.2 Å². The molecule has 0 unspecified atom stereocenters. The molecule has 21 heavy (non-hydrogen) atoms. The van der Waals surface area contributed by atoms with E-state index in [1.165, 1.54) is 19.2 Å². The van der Waals surface area contributed by atoms with Crippen LogP contribution >= 0.6 is 0 Å². The van der Waals surface area contributed by atoms with Crippen molar-refractivity contribution < 1.29 is 14.4 Å². The molecular formula is C14H15N3O4. The molecule has 0 aliphatic rings. The van der Waals surface area contributed by atoms with Crippen molar-refractivity contribution in [2.75, 3.05) is 14.2 Å². The van der Waals surface area contributed by atoms with Crippen LogP contribution < -0.4 is 14.8 Å². The summed E-state index contributed by atoms with van der Waals surface area (Å²) in [5.74, 6) is 0.667. The predicted molar refractivity (Wildman–Crippen MR) is 76.7 cm³/mol. The standard InChI is InChI=1S/C14H15N3O4/c1-15-9-10-5-3-4-6-12(10)21-14-11(17(18)19)7-8-13(16-14)20-2/h3-8,15H,9H2,1-2H3. The van der Waals surface area contributed by atoms with Crippen molar-refractivity contribution in [2.24, 2.45) is 0 Å². The highest BCUT2D eigenvalue weighted by atomic mass is 16.6. The van der Waals surface area contributed by atoms with Crippen molar-refractivity contribution in [1.82, 2.24) is 10.3 Å². The van der Waals surface area contributed by atoms with Crippen LogP contribution in [0.25, 0.3) is 0 Å². The molecule has 0 spiro atoms. The van der Waals surface area contributed by atoms with Crippen LogP contribution in [0.4, 0.5) is 5.69 Å². The van der Waals surface area contributed by atoms with E-state index in [0.29, 0.717) is 12.3 Å². The largest absolute Gasteiger partial charge is 0.481 e. The Hall–Kier alpha value is -2.67. The molecule has 0 amide bonds. The Kier molecular flexibility index (Phi) is 4.68. The summed E-state index contributed by atoms with van der Waals surface area (Å²) in [6.45, 7) is 0.577. The topological polar surface area (TPSA) is 86.5 Å². The maximum absolute atomic E-state index is 11.1. The fourth-order valence-electron chi connectivity index (χ4n) is 1.79. The van der Waals surface area contributed by atoms with Gasteiger partial charge in [-0.25, -0.2) is 0 Å². The lowest BCUT2D eigenvalue weighted by atomic mass is 10.2. The van der Waals surface area contributed by atoms with Gasteiger partial charge in [0.1, 0.15) is 5.75 Å². The first-order valence-corrected chi connectivity index (χ1v) is 6.25. The second-order valence-electron chi connectivity index (χ2n) is 4.18. The minimum absolute atomic E-state index is 0.0945. The zero-order valence-electron chi connectivity index (χ0n) is 11.7. The lowest BCUT2D eigenvalue weighted by Crippen LogP contribution is -2.07. The average Bonchev–Trinajstić information content (AvgIpc) is 2.49. The van der Waals surface area contributed by atoms with Crippen LogP contribution in [-0.2, 0) is 6.54 Å². The van der Waals surface area contributed by atoms with Gasteiger partial charge in [-0.1, -0.05) is 18.2 Å². The Morgan fingerprint density at radius 2 is 2.05 bits per heavy atom. The second kappa shape index (κ2) is 6.67. The van der Waals surface area contributed by atoms with Crippen LogP contribution in [0.1, 0.15) is 5.56 Å². The van der Waals surface area contributed by atoms with Crippen molar-refractivity contribution >= 4 is 5.69 Å². The molecule has 0 atom stereocenters. The van der Waals surface area contributed by atoms with Gasteiger partial charge in [-0.2, -0.15) is 4.98 Å². The Bertz CT molecular complexity index is 646. The van der Waals surface area contributed by atoms with E-state index in [1.54, 1.807) is 12.1 Å². The van der Waals surface area contributed by atoms with Gasteiger partial charge in [0.05, 0.1) is 12.0 Å². The third kappa shape index (κ3) is 3.46. The number of aromatic nitrogens is 1. The normalized spacial score (nSPS) is 10.2. The maximum atomic E-state index is 11.1. The number of pyridine rings is 1. The van der Waals surface area contributed by atoms with Gasteiger partial charge in [0.2, 0.25) is 5.88 Å². The summed E-state index contributed by atoms with van der Waals surface area (Å²) in [5, 5.41) is 14.1. The molecule has 7 heteroatoms. The zero-order valence-corrected chi connectivity index (χ0v) is 11.7. The molecular weight excluding hydrogens is 274 g/mol. The summed E-state index contributed by atoms with van der Waals surface area (Å²) in [4.78, 5) is 14.5. The molecule has 1 aromatic heterocycles. The predicted octanol–water partition coefficient (Wildman–Crippen LogP) is 2.51. The van der Waals surface area contributed by atoms with E-state index in [2.05, 4.69) is 10.3 Å². The van der Waals surface area contributed by atoms with Crippen molar-refractivity contribution in [2.45, 2.75) is 6.54 Å². The molecule has 7 nitrogen and oxygen atoms in total. The highest BCUT2D eigenvalue weighted by Crippen LogP contribution is 2.32. The molecule has 0 aliphatic heterocycles. The summed E-state index contributed by atoms with van der Waals surface area (Å²) in [7, 11) is 3.25. The number of hydrogen-bond acceptors (Lipinski definition) is 6. The summed E-state index contributed by atoms with van der Waals surface area (Å²) >= 11 is 0. The van der Waals surface area contributed by atoms with E-state index >= 15 is 0 Å². The maximum Gasteiger partial charge on any atom is 0.331 e. The van der Waals surface area contributed by atoms with Gasteiger partial charge >= 0.3 is 11.6 Å². The van der Waals surface area contributed by atoms with E-state index in [9.17, 15) is 10.1 Å². The number of benzene rings is 1. The summed E-state index contributed by atoms with van der Waals surface area (Å²) in [5.41, 5.74) is 0.661. The second-order valence-corrected chi connectivity index (χ2v) is 4.18. The number of nitrogens with one attached hydrogen (secondary N) is 1. The van der Waals surface area contributed by atoms with Crippen LogP contribution in [0.15, 0.2) is 36.4 Å². The molecule has 0 bridgehead atoms. The molecule has 0 aliphatic carbocycles. The van der Waals surface area contributed by atoms with Gasteiger partial charge in [0, 0.05) is 24.2 Å². The van der Waals surface area contributed by atoms with E-state index in [0.717, 1.165) is 5.56 Å². The quantitative estimate of drug-likeness (QED) is 0.649. The fraction of sp³-hybridized carbons (Fsp3) is 0.214. The molecule has 0 saturated heterocycles. The zero-order chi connectivity index (χ0) is 15.2. The number of nitro groups is 1. The van der Waals surface area contributed by atoms with Crippen LogP contribution in [0.2, 0.25) is 0 Å². The van der Waals surface area contributed by atoms with Gasteiger partial charge in [-0.3, -0.25) is 10.1 Å². The Labute approximate surface area is 121 Å². The monoisotopic (exact) mass is 289 g/mol. The molecule has 1 N–H and O–H groups in total. The number of para-hydroxylation sites is 1. The number of methoxy groups -OCH3 is 1. The van der Waals surface area contributed by atoms with Gasteiger partial charge < -0.3 is 14.8 Å². The van der Waals surface area contributed by atoms with Gasteiger partial charge in [-0.15, -0.1) is 0 Å². The Balaban J connectivity index is 2.40.